The fraction of sp³-hybridized carbons (Fsp3) is 0.533. The molecule has 1 fully saturated rings. The summed E-state index contributed by atoms with van der Waals surface area (Å²) < 4.78 is 13.4. The molecule has 1 aromatic rings. The van der Waals surface area contributed by atoms with Crippen molar-refractivity contribution in [1.29, 1.82) is 5.26 Å². The molecule has 0 spiro atoms. The summed E-state index contributed by atoms with van der Waals surface area (Å²) in [7, 11) is 1.96. The zero-order valence-corrected chi connectivity index (χ0v) is 11.3. The molecule has 0 aliphatic carbocycles. The number of hydrogen-bond acceptors (Lipinski definition) is 3. The van der Waals surface area contributed by atoms with Crippen LogP contribution in [0.3, 0.4) is 0 Å². The highest BCUT2D eigenvalue weighted by molar-refractivity contribution is 5.33. The summed E-state index contributed by atoms with van der Waals surface area (Å²) in [6.07, 6.45) is 3.64. The fourth-order valence-electron chi connectivity index (χ4n) is 2.78. The van der Waals surface area contributed by atoms with Crippen LogP contribution in [0.2, 0.25) is 0 Å². The lowest BCUT2D eigenvalue weighted by Gasteiger charge is -2.35. The zero-order chi connectivity index (χ0) is 13.7. The lowest BCUT2D eigenvalue weighted by Crippen LogP contribution is -2.44. The Morgan fingerprint density at radius 1 is 1.42 bits per heavy atom. The van der Waals surface area contributed by atoms with Crippen molar-refractivity contribution >= 4 is 0 Å². The van der Waals surface area contributed by atoms with Crippen molar-refractivity contribution in [2.45, 2.75) is 31.8 Å². The molecule has 1 atom stereocenters. The molecular formula is C15H20FN3. The van der Waals surface area contributed by atoms with Crippen molar-refractivity contribution in [3.63, 3.8) is 0 Å². The number of nitrogens with zero attached hydrogens (tertiary/aromatic N) is 2. The highest BCUT2D eigenvalue weighted by Crippen LogP contribution is 2.20. The molecule has 0 aromatic heterocycles. The monoisotopic (exact) mass is 261 g/mol. The molecule has 1 heterocycles. The molecule has 1 N–H and O–H groups in total. The maximum absolute atomic E-state index is 13.4. The number of halogens is 1. The minimum atomic E-state index is -0.323. The number of piperidine rings is 1. The second kappa shape index (κ2) is 6.65. The first kappa shape index (κ1) is 14.0. The van der Waals surface area contributed by atoms with E-state index in [0.29, 0.717) is 11.6 Å². The van der Waals surface area contributed by atoms with Crippen molar-refractivity contribution in [2.75, 3.05) is 20.1 Å². The summed E-state index contributed by atoms with van der Waals surface area (Å²) in [5.41, 5.74) is 1.29. The number of nitriles is 1. The van der Waals surface area contributed by atoms with Crippen LogP contribution < -0.4 is 5.32 Å². The van der Waals surface area contributed by atoms with Gasteiger partial charge in [-0.25, -0.2) is 4.39 Å². The van der Waals surface area contributed by atoms with Gasteiger partial charge in [-0.3, -0.25) is 4.90 Å². The summed E-state index contributed by atoms with van der Waals surface area (Å²) in [4.78, 5) is 2.38. The Bertz CT molecular complexity index is 465. The maximum atomic E-state index is 13.4. The Labute approximate surface area is 114 Å². The molecule has 19 heavy (non-hydrogen) atoms. The predicted molar refractivity (Wildman–Crippen MR) is 73.1 cm³/mol. The molecule has 4 heteroatoms. The van der Waals surface area contributed by atoms with E-state index in [1.807, 2.05) is 13.1 Å². The van der Waals surface area contributed by atoms with E-state index < -0.39 is 0 Å². The summed E-state index contributed by atoms with van der Waals surface area (Å²) in [5, 5.41) is 12.1. The van der Waals surface area contributed by atoms with Gasteiger partial charge in [0, 0.05) is 19.1 Å². The van der Waals surface area contributed by atoms with Gasteiger partial charge in [0.05, 0.1) is 11.6 Å². The molecule has 1 aliphatic heterocycles. The Hall–Kier alpha value is -1.44. The van der Waals surface area contributed by atoms with Gasteiger partial charge in [0.2, 0.25) is 0 Å². The van der Waals surface area contributed by atoms with Crippen molar-refractivity contribution < 1.29 is 4.39 Å². The van der Waals surface area contributed by atoms with E-state index in [-0.39, 0.29) is 5.82 Å². The minimum Gasteiger partial charge on any atom is -0.318 e. The molecule has 0 saturated carbocycles. The third kappa shape index (κ3) is 3.76. The van der Waals surface area contributed by atoms with Crippen LogP contribution in [0.25, 0.3) is 0 Å². The van der Waals surface area contributed by atoms with Crippen molar-refractivity contribution in [3.05, 3.63) is 35.1 Å². The van der Waals surface area contributed by atoms with Crippen molar-refractivity contribution in [3.8, 4) is 6.07 Å². The van der Waals surface area contributed by atoms with Gasteiger partial charge in [0.25, 0.3) is 0 Å². The van der Waals surface area contributed by atoms with Crippen molar-refractivity contribution in [2.24, 2.45) is 0 Å². The smallest absolute Gasteiger partial charge is 0.124 e. The number of likely N-dealkylation sites (N-methyl/N-ethyl adjacent to an activating group) is 1. The SMILES string of the molecule is CNCC1CCCCN1Cc1cc(F)cc(C#N)c1. The van der Waals surface area contributed by atoms with Crippen LogP contribution in [0.1, 0.15) is 30.4 Å². The van der Waals surface area contributed by atoms with Crippen molar-refractivity contribution in [1.82, 2.24) is 10.2 Å². The van der Waals surface area contributed by atoms with Gasteiger partial charge in [-0.05, 0) is 50.2 Å². The molecule has 102 valence electrons. The highest BCUT2D eigenvalue weighted by Gasteiger charge is 2.21. The fourth-order valence-corrected chi connectivity index (χ4v) is 2.78. The second-order valence-corrected chi connectivity index (χ2v) is 5.14. The lowest BCUT2D eigenvalue weighted by atomic mass is 10.0. The first-order valence-corrected chi connectivity index (χ1v) is 6.81. The molecule has 0 amide bonds. The maximum Gasteiger partial charge on any atom is 0.124 e. The molecular weight excluding hydrogens is 241 g/mol. The second-order valence-electron chi connectivity index (χ2n) is 5.14. The molecule has 1 unspecified atom stereocenters. The third-order valence-electron chi connectivity index (χ3n) is 3.66. The van der Waals surface area contributed by atoms with Gasteiger partial charge >= 0.3 is 0 Å². The van der Waals surface area contributed by atoms with Gasteiger partial charge in [0.15, 0.2) is 0 Å². The Kier molecular flexibility index (Phi) is 4.89. The van der Waals surface area contributed by atoms with Crippen LogP contribution in [0.15, 0.2) is 18.2 Å². The van der Waals surface area contributed by atoms with Gasteiger partial charge in [-0.1, -0.05) is 6.42 Å². The van der Waals surface area contributed by atoms with Crippen LogP contribution in [0.5, 0.6) is 0 Å². The molecule has 2 rings (SSSR count). The number of nitrogens with one attached hydrogen (secondary N) is 1. The Morgan fingerprint density at radius 2 is 2.26 bits per heavy atom. The average Bonchev–Trinajstić information content (AvgIpc) is 2.40. The average molecular weight is 261 g/mol. The number of rotatable bonds is 4. The summed E-state index contributed by atoms with van der Waals surface area (Å²) in [5.74, 6) is -0.323. The van der Waals surface area contributed by atoms with Gasteiger partial charge < -0.3 is 5.32 Å². The number of hydrogen-bond donors (Lipinski definition) is 1. The molecule has 0 bridgehead atoms. The van der Waals surface area contributed by atoms with Crippen LogP contribution in [0.4, 0.5) is 4.39 Å². The topological polar surface area (TPSA) is 39.1 Å². The lowest BCUT2D eigenvalue weighted by molar-refractivity contribution is 0.139. The van der Waals surface area contributed by atoms with E-state index in [2.05, 4.69) is 10.2 Å². The summed E-state index contributed by atoms with van der Waals surface area (Å²) >= 11 is 0. The van der Waals surface area contributed by atoms with E-state index in [9.17, 15) is 4.39 Å². The zero-order valence-electron chi connectivity index (χ0n) is 11.3. The largest absolute Gasteiger partial charge is 0.318 e. The van der Waals surface area contributed by atoms with E-state index in [0.717, 1.165) is 25.2 Å². The highest BCUT2D eigenvalue weighted by atomic mass is 19.1. The minimum absolute atomic E-state index is 0.323. The number of likely N-dealkylation sites (tertiary alicyclic amines) is 1. The Morgan fingerprint density at radius 3 is 3.00 bits per heavy atom. The van der Waals surface area contributed by atoms with E-state index >= 15 is 0 Å². The number of benzene rings is 1. The van der Waals surface area contributed by atoms with Crippen LogP contribution in [-0.2, 0) is 6.54 Å². The van der Waals surface area contributed by atoms with E-state index in [1.54, 1.807) is 6.07 Å². The standard InChI is InChI=1S/C15H20FN3/c1-18-10-15-4-2-3-5-19(15)11-13-6-12(9-17)7-14(16)8-13/h6-8,15,18H,2-5,10-11H2,1H3. The van der Waals surface area contributed by atoms with Gasteiger partial charge in [-0.2, -0.15) is 5.26 Å². The molecule has 0 radical (unpaired) electrons. The summed E-state index contributed by atoms with van der Waals surface area (Å²) in [6, 6.07) is 7.12. The normalized spacial score (nSPS) is 20.2. The van der Waals surface area contributed by atoms with E-state index in [4.69, 9.17) is 5.26 Å². The first-order chi connectivity index (χ1) is 9.22. The van der Waals surface area contributed by atoms with Crippen LogP contribution in [0, 0.1) is 17.1 Å². The molecule has 3 nitrogen and oxygen atoms in total. The third-order valence-corrected chi connectivity index (χ3v) is 3.66. The predicted octanol–water partition coefficient (Wildman–Crippen LogP) is 2.27. The molecule has 1 saturated heterocycles. The van der Waals surface area contributed by atoms with E-state index in [1.165, 1.54) is 31.4 Å². The quantitative estimate of drug-likeness (QED) is 0.903. The first-order valence-electron chi connectivity index (χ1n) is 6.81. The summed E-state index contributed by atoms with van der Waals surface area (Å²) in [6.45, 7) is 2.73. The van der Waals surface area contributed by atoms with Gasteiger partial charge in [-0.15, -0.1) is 0 Å². The molecule has 1 aromatic carbocycles. The van der Waals surface area contributed by atoms with Crippen LogP contribution in [-0.4, -0.2) is 31.1 Å². The Balaban J connectivity index is 2.10. The van der Waals surface area contributed by atoms with Crippen LogP contribution >= 0.6 is 0 Å². The van der Waals surface area contributed by atoms with Gasteiger partial charge in [0.1, 0.15) is 5.82 Å². The molecule has 1 aliphatic rings.